The maximum absolute atomic E-state index is 12.0. The number of hydrogen-bond donors (Lipinski definition) is 3. The monoisotopic (exact) mass is 325 g/mol. The minimum absolute atomic E-state index is 0.0777. The molecule has 0 unspecified atom stereocenters. The van der Waals surface area contributed by atoms with E-state index in [1.165, 1.54) is 12.1 Å². The van der Waals surface area contributed by atoms with Crippen LogP contribution in [-0.4, -0.2) is 33.5 Å². The summed E-state index contributed by atoms with van der Waals surface area (Å²) in [7, 11) is -3.52. The molecule has 0 radical (unpaired) electrons. The Morgan fingerprint density at radius 1 is 1.14 bits per heavy atom. The smallest absolute Gasteiger partial charge is 0.240 e. The number of nitrogens with one attached hydrogen (secondary N) is 2. The number of carbonyl (C=O) groups is 1. The van der Waals surface area contributed by atoms with Crippen LogP contribution in [0.5, 0.6) is 0 Å². The molecule has 1 amide bonds. The lowest BCUT2D eigenvalue weighted by Crippen LogP contribution is -2.45. The van der Waals surface area contributed by atoms with E-state index in [-0.39, 0.29) is 35.9 Å². The quantitative estimate of drug-likeness (QED) is 0.667. The Morgan fingerprint density at radius 3 is 2.50 bits per heavy atom. The van der Waals surface area contributed by atoms with Crippen LogP contribution < -0.4 is 15.8 Å². The number of nitrogens with two attached hydrogens (primary N) is 1. The maximum Gasteiger partial charge on any atom is 0.240 e. The minimum atomic E-state index is -3.52. The van der Waals surface area contributed by atoms with E-state index in [2.05, 4.69) is 10.0 Å². The van der Waals surface area contributed by atoms with Crippen molar-refractivity contribution < 1.29 is 13.2 Å². The van der Waals surface area contributed by atoms with E-state index < -0.39 is 10.0 Å². The molecular weight excluding hydrogens is 302 g/mol. The molecule has 22 heavy (non-hydrogen) atoms. The summed E-state index contributed by atoms with van der Waals surface area (Å²) >= 11 is 0. The first kappa shape index (κ1) is 16.9. The Bertz CT molecular complexity index is 589. The Labute approximate surface area is 131 Å². The van der Waals surface area contributed by atoms with Gasteiger partial charge in [-0.1, -0.05) is 31.0 Å². The zero-order valence-electron chi connectivity index (χ0n) is 12.5. The van der Waals surface area contributed by atoms with E-state index in [1.807, 2.05) is 0 Å². The lowest BCUT2D eigenvalue weighted by Gasteiger charge is -2.27. The summed E-state index contributed by atoms with van der Waals surface area (Å²) in [6.45, 7) is 0.416. The van der Waals surface area contributed by atoms with Gasteiger partial charge in [0.1, 0.15) is 0 Å². The topological polar surface area (TPSA) is 101 Å². The van der Waals surface area contributed by atoms with Gasteiger partial charge in [0.2, 0.25) is 15.9 Å². The second-order valence-corrected chi connectivity index (χ2v) is 7.32. The number of sulfonamides is 1. The van der Waals surface area contributed by atoms with Gasteiger partial charge in [-0.25, -0.2) is 13.1 Å². The molecule has 1 saturated carbocycles. The molecule has 1 aromatic carbocycles. The molecule has 0 bridgehead atoms. The molecule has 0 heterocycles. The number of amides is 1. The molecule has 0 aromatic heterocycles. The maximum atomic E-state index is 12.0. The van der Waals surface area contributed by atoms with Gasteiger partial charge in [0, 0.05) is 19.1 Å². The summed E-state index contributed by atoms with van der Waals surface area (Å²) in [5, 5.41) is 2.76. The SMILES string of the molecule is N[C@H]1CCCC[C@H]1C(=O)NCCNS(=O)(=O)c1ccccc1. The predicted octanol–water partition coefficient (Wildman–Crippen LogP) is 0.599. The van der Waals surface area contributed by atoms with E-state index in [4.69, 9.17) is 5.73 Å². The average Bonchev–Trinajstić information content (AvgIpc) is 2.53. The third-order valence-electron chi connectivity index (χ3n) is 3.93. The molecule has 7 heteroatoms. The van der Waals surface area contributed by atoms with Crippen LogP contribution in [0.1, 0.15) is 25.7 Å². The first-order valence-electron chi connectivity index (χ1n) is 7.59. The molecule has 0 aliphatic heterocycles. The molecule has 122 valence electrons. The third kappa shape index (κ3) is 4.53. The van der Waals surface area contributed by atoms with Gasteiger partial charge in [0.15, 0.2) is 0 Å². The normalized spacial score (nSPS) is 22.2. The summed E-state index contributed by atoms with van der Waals surface area (Å²) in [6.07, 6.45) is 3.77. The van der Waals surface area contributed by atoms with E-state index in [0.717, 1.165) is 25.7 Å². The van der Waals surface area contributed by atoms with Gasteiger partial charge in [-0.2, -0.15) is 0 Å². The lowest BCUT2D eigenvalue weighted by atomic mass is 9.84. The van der Waals surface area contributed by atoms with Crippen molar-refractivity contribution >= 4 is 15.9 Å². The second-order valence-electron chi connectivity index (χ2n) is 5.56. The summed E-state index contributed by atoms with van der Waals surface area (Å²) < 4.78 is 26.4. The second kappa shape index (κ2) is 7.71. The van der Waals surface area contributed by atoms with E-state index in [1.54, 1.807) is 18.2 Å². The van der Waals surface area contributed by atoms with Crippen LogP contribution in [0, 0.1) is 5.92 Å². The highest BCUT2D eigenvalue weighted by Crippen LogP contribution is 2.22. The van der Waals surface area contributed by atoms with Gasteiger partial charge < -0.3 is 11.1 Å². The molecule has 4 N–H and O–H groups in total. The van der Waals surface area contributed by atoms with Gasteiger partial charge in [0.05, 0.1) is 10.8 Å². The Balaban J connectivity index is 1.76. The summed E-state index contributed by atoms with van der Waals surface area (Å²) in [5.74, 6) is -0.231. The summed E-state index contributed by atoms with van der Waals surface area (Å²) in [4.78, 5) is 12.3. The molecule has 6 nitrogen and oxygen atoms in total. The van der Waals surface area contributed by atoms with Crippen LogP contribution in [0.15, 0.2) is 35.2 Å². The molecule has 1 fully saturated rings. The Kier molecular flexibility index (Phi) is 5.93. The number of carbonyl (C=O) groups excluding carboxylic acids is 1. The summed E-state index contributed by atoms with van der Waals surface area (Å²) in [6, 6.07) is 8.06. The van der Waals surface area contributed by atoms with Crippen molar-refractivity contribution in [2.75, 3.05) is 13.1 Å². The first-order valence-corrected chi connectivity index (χ1v) is 9.07. The van der Waals surface area contributed by atoms with Gasteiger partial charge in [0.25, 0.3) is 0 Å². The molecular formula is C15H23N3O3S. The highest BCUT2D eigenvalue weighted by atomic mass is 32.2. The number of benzene rings is 1. The van der Waals surface area contributed by atoms with Crippen LogP contribution in [0.25, 0.3) is 0 Å². The van der Waals surface area contributed by atoms with Gasteiger partial charge in [-0.15, -0.1) is 0 Å². The molecule has 2 rings (SSSR count). The zero-order chi connectivity index (χ0) is 16.0. The van der Waals surface area contributed by atoms with Crippen molar-refractivity contribution in [3.63, 3.8) is 0 Å². The highest BCUT2D eigenvalue weighted by Gasteiger charge is 2.27. The lowest BCUT2D eigenvalue weighted by molar-refractivity contribution is -0.126. The molecule has 2 atom stereocenters. The number of rotatable bonds is 6. The Morgan fingerprint density at radius 2 is 1.82 bits per heavy atom. The predicted molar refractivity (Wildman–Crippen MR) is 84.6 cm³/mol. The van der Waals surface area contributed by atoms with Crippen molar-refractivity contribution in [1.82, 2.24) is 10.0 Å². The van der Waals surface area contributed by atoms with Crippen molar-refractivity contribution in [2.24, 2.45) is 11.7 Å². The fourth-order valence-electron chi connectivity index (χ4n) is 2.67. The van der Waals surface area contributed by atoms with Crippen molar-refractivity contribution in [2.45, 2.75) is 36.6 Å². The van der Waals surface area contributed by atoms with E-state index in [9.17, 15) is 13.2 Å². The Hall–Kier alpha value is -1.44. The molecule has 0 saturated heterocycles. The van der Waals surface area contributed by atoms with Crippen LogP contribution in [0.2, 0.25) is 0 Å². The van der Waals surface area contributed by atoms with Gasteiger partial charge in [-0.05, 0) is 25.0 Å². The molecule has 1 aromatic rings. The van der Waals surface area contributed by atoms with Crippen LogP contribution >= 0.6 is 0 Å². The van der Waals surface area contributed by atoms with Gasteiger partial charge >= 0.3 is 0 Å². The van der Waals surface area contributed by atoms with Crippen molar-refractivity contribution in [3.8, 4) is 0 Å². The van der Waals surface area contributed by atoms with Crippen LogP contribution in [-0.2, 0) is 14.8 Å². The third-order valence-corrected chi connectivity index (χ3v) is 5.40. The van der Waals surface area contributed by atoms with Crippen LogP contribution in [0.3, 0.4) is 0 Å². The van der Waals surface area contributed by atoms with Crippen LogP contribution in [0.4, 0.5) is 0 Å². The minimum Gasteiger partial charge on any atom is -0.354 e. The largest absolute Gasteiger partial charge is 0.354 e. The fraction of sp³-hybridized carbons (Fsp3) is 0.533. The molecule has 0 spiro atoms. The standard InChI is InChI=1S/C15H23N3O3S/c16-14-9-5-4-8-13(14)15(19)17-10-11-18-22(20,21)12-6-2-1-3-7-12/h1-3,6-7,13-14,18H,4-5,8-11,16H2,(H,17,19)/t13-,14+/m1/s1. The average molecular weight is 325 g/mol. The van der Waals surface area contributed by atoms with Gasteiger partial charge in [-0.3, -0.25) is 4.79 Å². The zero-order valence-corrected chi connectivity index (χ0v) is 13.3. The van der Waals surface area contributed by atoms with E-state index >= 15 is 0 Å². The van der Waals surface area contributed by atoms with E-state index in [0.29, 0.717) is 0 Å². The molecule has 1 aliphatic carbocycles. The first-order chi connectivity index (χ1) is 10.5. The highest BCUT2D eigenvalue weighted by molar-refractivity contribution is 7.89. The summed E-state index contributed by atoms with van der Waals surface area (Å²) in [5.41, 5.74) is 5.96. The van der Waals surface area contributed by atoms with Crippen molar-refractivity contribution in [3.05, 3.63) is 30.3 Å². The van der Waals surface area contributed by atoms with Crippen molar-refractivity contribution in [1.29, 1.82) is 0 Å². The molecule has 1 aliphatic rings. The fourth-order valence-corrected chi connectivity index (χ4v) is 3.72. The number of hydrogen-bond acceptors (Lipinski definition) is 4.